The van der Waals surface area contributed by atoms with Crippen molar-refractivity contribution in [3.8, 4) is 11.5 Å². The summed E-state index contributed by atoms with van der Waals surface area (Å²) in [6, 6.07) is 21.7. The number of benzene rings is 3. The molecule has 8 nitrogen and oxygen atoms in total. The Kier molecular flexibility index (Phi) is 7.17. The van der Waals surface area contributed by atoms with E-state index < -0.39 is 11.8 Å². The quantitative estimate of drug-likeness (QED) is 0.346. The number of methoxy groups -OCH3 is 2. The minimum Gasteiger partial charge on any atom is -0.497 e. The molecule has 3 amide bonds. The van der Waals surface area contributed by atoms with Crippen LogP contribution in [0.15, 0.2) is 77.7 Å². The summed E-state index contributed by atoms with van der Waals surface area (Å²) in [4.78, 5) is 43.3. The van der Waals surface area contributed by atoms with Crippen LogP contribution >= 0.6 is 24.0 Å². The van der Waals surface area contributed by atoms with Gasteiger partial charge in [0.1, 0.15) is 22.4 Å². The highest BCUT2D eigenvalue weighted by Crippen LogP contribution is 2.44. The number of carbonyl (C=O) groups is 3. The highest BCUT2D eigenvalue weighted by atomic mass is 32.2. The predicted molar refractivity (Wildman–Crippen MR) is 151 cm³/mol. The van der Waals surface area contributed by atoms with Crippen LogP contribution in [0.3, 0.4) is 0 Å². The Labute approximate surface area is 229 Å². The molecule has 5 rings (SSSR count). The van der Waals surface area contributed by atoms with Gasteiger partial charge in [0.05, 0.1) is 42.6 Å². The SMILES string of the molecule is COc1ccc(NC(=O)CN2C(=O)C(=C3SC(=S)N(Cc4ccccc4)C3=O)c3ccccc32)c(OC)c1. The average Bonchev–Trinajstić information content (AvgIpc) is 3.36. The summed E-state index contributed by atoms with van der Waals surface area (Å²) in [5.41, 5.74) is 2.77. The third-order valence-electron chi connectivity index (χ3n) is 6.17. The van der Waals surface area contributed by atoms with Gasteiger partial charge >= 0.3 is 0 Å². The number of thioether (sulfide) groups is 1. The minimum absolute atomic E-state index is 0.251. The molecule has 2 aliphatic heterocycles. The Balaban J connectivity index is 1.41. The van der Waals surface area contributed by atoms with E-state index in [9.17, 15) is 14.4 Å². The van der Waals surface area contributed by atoms with Gasteiger partial charge in [-0.15, -0.1) is 0 Å². The smallest absolute Gasteiger partial charge is 0.267 e. The average molecular weight is 546 g/mol. The number of ether oxygens (including phenoxy) is 2. The van der Waals surface area contributed by atoms with Crippen LogP contribution in [0.25, 0.3) is 5.57 Å². The largest absolute Gasteiger partial charge is 0.497 e. The maximum Gasteiger partial charge on any atom is 0.267 e. The first-order chi connectivity index (χ1) is 18.4. The number of fused-ring (bicyclic) bond motifs is 1. The fourth-order valence-electron chi connectivity index (χ4n) is 4.34. The molecule has 0 radical (unpaired) electrons. The molecular weight excluding hydrogens is 522 g/mol. The summed E-state index contributed by atoms with van der Waals surface area (Å²) in [5, 5.41) is 2.79. The first-order valence-electron chi connectivity index (χ1n) is 11.7. The molecule has 0 atom stereocenters. The number of hydrogen-bond acceptors (Lipinski definition) is 7. The van der Waals surface area contributed by atoms with Crippen LogP contribution in [0.1, 0.15) is 11.1 Å². The van der Waals surface area contributed by atoms with Gasteiger partial charge in [0, 0.05) is 11.6 Å². The van der Waals surface area contributed by atoms with Gasteiger partial charge in [0.15, 0.2) is 0 Å². The van der Waals surface area contributed by atoms with Crippen molar-refractivity contribution in [2.24, 2.45) is 0 Å². The molecule has 2 aliphatic rings. The second kappa shape index (κ2) is 10.7. The molecular formula is C28H23N3O5S2. The van der Waals surface area contributed by atoms with Gasteiger partial charge in [-0.05, 0) is 23.8 Å². The number of nitrogens with one attached hydrogen (secondary N) is 1. The summed E-state index contributed by atoms with van der Waals surface area (Å²) in [7, 11) is 3.03. The number of thiocarbonyl (C=S) groups is 1. The number of rotatable bonds is 7. The number of amides is 3. The van der Waals surface area contributed by atoms with E-state index in [1.165, 1.54) is 24.0 Å². The second-order valence-electron chi connectivity index (χ2n) is 8.47. The highest BCUT2D eigenvalue weighted by Gasteiger charge is 2.42. The molecule has 0 aliphatic carbocycles. The topological polar surface area (TPSA) is 88.2 Å². The molecule has 3 aromatic rings. The maximum absolute atomic E-state index is 13.7. The Morgan fingerprint density at radius 1 is 0.921 bits per heavy atom. The lowest BCUT2D eigenvalue weighted by Crippen LogP contribution is -2.35. The number of para-hydroxylation sites is 1. The number of anilines is 2. The highest BCUT2D eigenvalue weighted by molar-refractivity contribution is 8.26. The van der Waals surface area contributed by atoms with Crippen molar-refractivity contribution < 1.29 is 23.9 Å². The van der Waals surface area contributed by atoms with Crippen LogP contribution in [0, 0.1) is 0 Å². The molecule has 2 heterocycles. The normalized spacial score (nSPS) is 16.6. The lowest BCUT2D eigenvalue weighted by atomic mass is 10.1. The molecule has 0 unspecified atom stereocenters. The van der Waals surface area contributed by atoms with Crippen LogP contribution in [0.2, 0.25) is 0 Å². The summed E-state index contributed by atoms with van der Waals surface area (Å²) in [6.45, 7) is 0.0623. The van der Waals surface area contributed by atoms with Gasteiger partial charge in [0.25, 0.3) is 11.8 Å². The maximum atomic E-state index is 13.7. The Morgan fingerprint density at radius 3 is 2.39 bits per heavy atom. The third kappa shape index (κ3) is 4.75. The fourth-order valence-corrected chi connectivity index (χ4v) is 5.67. The van der Waals surface area contributed by atoms with Crippen LogP contribution in [-0.4, -0.2) is 47.7 Å². The van der Waals surface area contributed by atoms with Crippen molar-refractivity contribution in [2.75, 3.05) is 31.0 Å². The standard InChI is InChI=1S/C28H23N3O5S2/c1-35-18-12-13-20(22(14-18)36-2)29-23(32)16-30-21-11-7-6-10-19(21)24(26(30)33)25-27(34)31(28(37)38-25)15-17-8-4-3-5-9-17/h3-14H,15-16H2,1-2H3,(H,29,32). The predicted octanol–water partition coefficient (Wildman–Crippen LogP) is 4.46. The van der Waals surface area contributed by atoms with Crippen molar-refractivity contribution in [2.45, 2.75) is 6.54 Å². The van der Waals surface area contributed by atoms with Crippen molar-refractivity contribution >= 4 is 63.0 Å². The van der Waals surface area contributed by atoms with Crippen molar-refractivity contribution in [1.29, 1.82) is 0 Å². The molecule has 0 aromatic heterocycles. The molecule has 192 valence electrons. The zero-order valence-corrected chi connectivity index (χ0v) is 22.2. The van der Waals surface area contributed by atoms with Crippen molar-refractivity contribution in [1.82, 2.24) is 4.90 Å². The van der Waals surface area contributed by atoms with E-state index in [2.05, 4.69) is 5.32 Å². The monoisotopic (exact) mass is 545 g/mol. The van der Waals surface area contributed by atoms with Gasteiger partial charge in [-0.25, -0.2) is 0 Å². The molecule has 1 saturated heterocycles. The molecule has 10 heteroatoms. The molecule has 0 saturated carbocycles. The van der Waals surface area contributed by atoms with E-state index in [1.54, 1.807) is 42.5 Å². The fraction of sp³-hybridized carbons (Fsp3) is 0.143. The molecule has 0 spiro atoms. The van der Waals surface area contributed by atoms with Gasteiger partial charge in [0.2, 0.25) is 5.91 Å². The van der Waals surface area contributed by atoms with E-state index in [-0.39, 0.29) is 22.9 Å². The van der Waals surface area contributed by atoms with Gasteiger partial charge in [-0.3, -0.25) is 24.2 Å². The Bertz CT molecular complexity index is 1490. The summed E-state index contributed by atoms with van der Waals surface area (Å²) in [6.07, 6.45) is 0. The Hall–Kier alpha value is -4.15. The van der Waals surface area contributed by atoms with Gasteiger partial charge in [-0.2, -0.15) is 0 Å². The van der Waals surface area contributed by atoms with Gasteiger partial charge in [-0.1, -0.05) is 72.5 Å². The molecule has 3 aromatic carbocycles. The van der Waals surface area contributed by atoms with Crippen molar-refractivity contribution in [3.63, 3.8) is 0 Å². The summed E-state index contributed by atoms with van der Waals surface area (Å²) in [5.74, 6) is -0.166. The first-order valence-corrected chi connectivity index (χ1v) is 12.9. The molecule has 0 bridgehead atoms. The van der Waals surface area contributed by atoms with Crippen LogP contribution in [0.5, 0.6) is 11.5 Å². The lowest BCUT2D eigenvalue weighted by Gasteiger charge is -2.18. The number of nitrogens with zero attached hydrogens (tertiary/aromatic N) is 2. The van der Waals surface area contributed by atoms with Crippen LogP contribution < -0.4 is 19.7 Å². The van der Waals surface area contributed by atoms with Crippen LogP contribution in [-0.2, 0) is 20.9 Å². The molecule has 1 N–H and O–H groups in total. The van der Waals surface area contributed by atoms with Crippen LogP contribution in [0.4, 0.5) is 11.4 Å². The van der Waals surface area contributed by atoms with E-state index in [0.717, 1.165) is 17.3 Å². The minimum atomic E-state index is -0.428. The molecule has 1 fully saturated rings. The Morgan fingerprint density at radius 2 is 1.66 bits per heavy atom. The summed E-state index contributed by atoms with van der Waals surface area (Å²) < 4.78 is 10.9. The second-order valence-corrected chi connectivity index (χ2v) is 10.1. The number of carbonyl (C=O) groups excluding carboxylic acids is 3. The summed E-state index contributed by atoms with van der Waals surface area (Å²) >= 11 is 6.61. The number of hydrogen-bond donors (Lipinski definition) is 1. The zero-order valence-electron chi connectivity index (χ0n) is 20.6. The van der Waals surface area contributed by atoms with Crippen molar-refractivity contribution in [3.05, 3.63) is 88.8 Å². The van der Waals surface area contributed by atoms with E-state index >= 15 is 0 Å². The first kappa shape index (κ1) is 25.5. The molecule has 38 heavy (non-hydrogen) atoms. The van der Waals surface area contributed by atoms with E-state index in [0.29, 0.717) is 39.3 Å². The zero-order chi connectivity index (χ0) is 26.8. The lowest BCUT2D eigenvalue weighted by molar-refractivity contribution is -0.122. The van der Waals surface area contributed by atoms with E-state index in [4.69, 9.17) is 21.7 Å². The third-order valence-corrected chi connectivity index (χ3v) is 7.62. The van der Waals surface area contributed by atoms with E-state index in [1.807, 2.05) is 30.3 Å². The van der Waals surface area contributed by atoms with Gasteiger partial charge < -0.3 is 14.8 Å².